The molecule has 0 radical (unpaired) electrons. The Morgan fingerprint density at radius 2 is 1.71 bits per heavy atom. The Hall–Kier alpha value is -2.33. The molecule has 0 unspecified atom stereocenters. The van der Waals surface area contributed by atoms with Gasteiger partial charge in [0.05, 0.1) is 6.04 Å². The van der Waals surface area contributed by atoms with Crippen molar-refractivity contribution in [1.29, 1.82) is 0 Å². The van der Waals surface area contributed by atoms with Gasteiger partial charge >= 0.3 is 0 Å². The number of phenols is 1. The lowest BCUT2D eigenvalue weighted by molar-refractivity contribution is -0.131. The lowest BCUT2D eigenvalue weighted by Crippen LogP contribution is -2.42. The highest BCUT2D eigenvalue weighted by atomic mass is 16.3. The monoisotopic (exact) mass is 284 g/mol. The molecule has 3 N–H and O–H groups in total. The standard InChI is InChI=1S/C17H20N2O2/c1-19(12-14-5-3-2-4-6-14)17(21)16(18)11-13-7-9-15(20)10-8-13/h2-10,16,20H,11-12,18H2,1H3/t16-/m0/s1. The second-order valence-corrected chi connectivity index (χ2v) is 5.16. The van der Waals surface area contributed by atoms with Crippen LogP contribution in [0.4, 0.5) is 0 Å². The third-order valence-electron chi connectivity index (χ3n) is 3.35. The van der Waals surface area contributed by atoms with Gasteiger partial charge in [0.25, 0.3) is 0 Å². The maximum absolute atomic E-state index is 12.3. The number of benzene rings is 2. The topological polar surface area (TPSA) is 66.6 Å². The van der Waals surface area contributed by atoms with Crippen molar-refractivity contribution in [3.63, 3.8) is 0 Å². The Labute approximate surface area is 124 Å². The van der Waals surface area contributed by atoms with E-state index in [-0.39, 0.29) is 11.7 Å². The predicted octanol–water partition coefficient (Wildman–Crippen LogP) is 1.92. The average molecular weight is 284 g/mol. The van der Waals surface area contributed by atoms with Gasteiger partial charge in [0.15, 0.2) is 0 Å². The van der Waals surface area contributed by atoms with E-state index < -0.39 is 6.04 Å². The first-order valence-electron chi connectivity index (χ1n) is 6.88. The van der Waals surface area contributed by atoms with Crippen molar-refractivity contribution in [1.82, 2.24) is 4.90 Å². The van der Waals surface area contributed by atoms with Gasteiger partial charge in [-0.3, -0.25) is 4.79 Å². The molecule has 110 valence electrons. The number of phenolic OH excluding ortho intramolecular Hbond substituents is 1. The van der Waals surface area contributed by atoms with E-state index in [4.69, 9.17) is 5.73 Å². The van der Waals surface area contributed by atoms with Crippen LogP contribution >= 0.6 is 0 Å². The van der Waals surface area contributed by atoms with Gasteiger partial charge in [-0.2, -0.15) is 0 Å². The van der Waals surface area contributed by atoms with Crippen molar-refractivity contribution in [2.24, 2.45) is 5.73 Å². The molecule has 0 saturated carbocycles. The molecule has 2 aromatic carbocycles. The first kappa shape index (κ1) is 15.1. The maximum atomic E-state index is 12.3. The first-order chi connectivity index (χ1) is 10.1. The minimum Gasteiger partial charge on any atom is -0.508 e. The van der Waals surface area contributed by atoms with Crippen molar-refractivity contribution < 1.29 is 9.90 Å². The van der Waals surface area contributed by atoms with Crippen LogP contribution in [0.25, 0.3) is 0 Å². The van der Waals surface area contributed by atoms with E-state index in [1.807, 2.05) is 30.3 Å². The van der Waals surface area contributed by atoms with E-state index in [1.165, 1.54) is 0 Å². The normalized spacial score (nSPS) is 11.9. The Bertz CT molecular complexity index is 581. The molecule has 0 spiro atoms. The number of carbonyl (C=O) groups is 1. The number of hydrogen-bond donors (Lipinski definition) is 2. The SMILES string of the molecule is CN(Cc1ccccc1)C(=O)[C@@H](N)Cc1ccc(O)cc1. The second kappa shape index (κ2) is 6.90. The van der Waals surface area contributed by atoms with Crippen LogP contribution in [-0.2, 0) is 17.8 Å². The number of carbonyl (C=O) groups excluding carboxylic acids is 1. The summed E-state index contributed by atoms with van der Waals surface area (Å²) >= 11 is 0. The molecule has 21 heavy (non-hydrogen) atoms. The molecule has 0 aromatic heterocycles. The van der Waals surface area contributed by atoms with Gasteiger partial charge in [-0.25, -0.2) is 0 Å². The fourth-order valence-electron chi connectivity index (χ4n) is 2.19. The quantitative estimate of drug-likeness (QED) is 0.881. The minimum atomic E-state index is -0.580. The van der Waals surface area contributed by atoms with E-state index in [1.54, 1.807) is 36.2 Å². The van der Waals surface area contributed by atoms with Gasteiger partial charge in [-0.05, 0) is 29.7 Å². The van der Waals surface area contributed by atoms with Gasteiger partial charge in [-0.15, -0.1) is 0 Å². The number of aromatic hydroxyl groups is 1. The summed E-state index contributed by atoms with van der Waals surface area (Å²) in [6.45, 7) is 0.545. The second-order valence-electron chi connectivity index (χ2n) is 5.16. The summed E-state index contributed by atoms with van der Waals surface area (Å²) in [5.41, 5.74) is 7.99. The van der Waals surface area contributed by atoms with E-state index in [0.717, 1.165) is 11.1 Å². The molecule has 0 aliphatic rings. The van der Waals surface area contributed by atoms with Crippen LogP contribution in [0.15, 0.2) is 54.6 Å². The van der Waals surface area contributed by atoms with E-state index in [0.29, 0.717) is 13.0 Å². The molecule has 4 heteroatoms. The van der Waals surface area contributed by atoms with Crippen LogP contribution in [-0.4, -0.2) is 29.0 Å². The number of nitrogens with two attached hydrogens (primary N) is 1. The third kappa shape index (κ3) is 4.33. The fraction of sp³-hybridized carbons (Fsp3) is 0.235. The van der Waals surface area contributed by atoms with Crippen LogP contribution < -0.4 is 5.73 Å². The molecule has 0 saturated heterocycles. The summed E-state index contributed by atoms with van der Waals surface area (Å²) in [5.74, 6) is 0.117. The zero-order chi connectivity index (χ0) is 15.2. The molecule has 2 rings (SSSR count). The van der Waals surface area contributed by atoms with E-state index >= 15 is 0 Å². The Morgan fingerprint density at radius 3 is 2.33 bits per heavy atom. The van der Waals surface area contributed by atoms with Crippen LogP contribution in [0.3, 0.4) is 0 Å². The molecule has 1 atom stereocenters. The highest BCUT2D eigenvalue weighted by molar-refractivity contribution is 5.81. The third-order valence-corrected chi connectivity index (χ3v) is 3.35. The summed E-state index contributed by atoms with van der Waals surface area (Å²) in [6.07, 6.45) is 0.457. The number of likely N-dealkylation sites (N-methyl/N-ethyl adjacent to an activating group) is 1. The zero-order valence-corrected chi connectivity index (χ0v) is 12.1. The van der Waals surface area contributed by atoms with Gasteiger partial charge < -0.3 is 15.7 Å². The molecular weight excluding hydrogens is 264 g/mol. The summed E-state index contributed by atoms with van der Waals surface area (Å²) in [4.78, 5) is 13.9. The summed E-state index contributed by atoms with van der Waals surface area (Å²) < 4.78 is 0. The molecule has 2 aromatic rings. The van der Waals surface area contributed by atoms with Crippen LogP contribution in [0.2, 0.25) is 0 Å². The average Bonchev–Trinajstić information content (AvgIpc) is 2.49. The predicted molar refractivity (Wildman–Crippen MR) is 82.7 cm³/mol. The van der Waals surface area contributed by atoms with E-state index in [9.17, 15) is 9.90 Å². The largest absolute Gasteiger partial charge is 0.508 e. The number of rotatable bonds is 5. The Balaban J connectivity index is 1.93. The first-order valence-corrected chi connectivity index (χ1v) is 6.88. The highest BCUT2D eigenvalue weighted by Crippen LogP contribution is 2.12. The molecule has 0 aliphatic heterocycles. The molecule has 0 aliphatic carbocycles. The molecule has 0 heterocycles. The fourth-order valence-corrected chi connectivity index (χ4v) is 2.19. The summed E-state index contributed by atoms with van der Waals surface area (Å²) in [7, 11) is 1.76. The highest BCUT2D eigenvalue weighted by Gasteiger charge is 2.18. The van der Waals surface area contributed by atoms with Crippen LogP contribution in [0.1, 0.15) is 11.1 Å². The lowest BCUT2D eigenvalue weighted by atomic mass is 10.1. The number of amides is 1. The summed E-state index contributed by atoms with van der Waals surface area (Å²) in [6, 6.07) is 16.0. The maximum Gasteiger partial charge on any atom is 0.239 e. The lowest BCUT2D eigenvalue weighted by Gasteiger charge is -2.21. The zero-order valence-electron chi connectivity index (χ0n) is 12.1. The molecule has 1 amide bonds. The van der Waals surface area contributed by atoms with E-state index in [2.05, 4.69) is 0 Å². The van der Waals surface area contributed by atoms with Crippen molar-refractivity contribution in [3.05, 3.63) is 65.7 Å². The van der Waals surface area contributed by atoms with Gasteiger partial charge in [0.1, 0.15) is 5.75 Å². The minimum absolute atomic E-state index is 0.0908. The number of nitrogens with zero attached hydrogens (tertiary/aromatic N) is 1. The van der Waals surface area contributed by atoms with Gasteiger partial charge in [-0.1, -0.05) is 42.5 Å². The van der Waals surface area contributed by atoms with Crippen molar-refractivity contribution in [2.45, 2.75) is 19.0 Å². The van der Waals surface area contributed by atoms with Crippen LogP contribution in [0, 0.1) is 0 Å². The molecular formula is C17H20N2O2. The number of hydrogen-bond acceptors (Lipinski definition) is 3. The van der Waals surface area contributed by atoms with Gasteiger partial charge in [0.2, 0.25) is 5.91 Å². The molecule has 0 bridgehead atoms. The summed E-state index contributed by atoms with van der Waals surface area (Å²) in [5, 5.41) is 9.25. The van der Waals surface area contributed by atoms with Crippen LogP contribution in [0.5, 0.6) is 5.75 Å². The van der Waals surface area contributed by atoms with Crippen molar-refractivity contribution in [3.8, 4) is 5.75 Å². The molecule has 0 fully saturated rings. The molecule has 4 nitrogen and oxygen atoms in total. The Morgan fingerprint density at radius 1 is 1.10 bits per heavy atom. The Kier molecular flexibility index (Phi) is 4.95. The van der Waals surface area contributed by atoms with Crippen molar-refractivity contribution in [2.75, 3.05) is 7.05 Å². The smallest absolute Gasteiger partial charge is 0.239 e. The van der Waals surface area contributed by atoms with Gasteiger partial charge in [0, 0.05) is 13.6 Å². The van der Waals surface area contributed by atoms with Crippen molar-refractivity contribution >= 4 is 5.91 Å².